The number of nitrogens with zero attached hydrogens (tertiary/aromatic N) is 3. The van der Waals surface area contributed by atoms with Gasteiger partial charge in [-0.1, -0.05) is 11.8 Å². The first-order valence-corrected chi connectivity index (χ1v) is 6.89. The van der Waals surface area contributed by atoms with Gasteiger partial charge >= 0.3 is 0 Å². The molecule has 1 fully saturated rings. The van der Waals surface area contributed by atoms with Gasteiger partial charge in [-0.25, -0.2) is 9.97 Å². The summed E-state index contributed by atoms with van der Waals surface area (Å²) in [6.45, 7) is 2.03. The molecule has 100 valence electrons. The van der Waals surface area contributed by atoms with E-state index in [1.54, 1.807) is 18.5 Å². The average molecular weight is 269 g/mol. The fourth-order valence-corrected chi connectivity index (χ4v) is 3.11. The van der Waals surface area contributed by atoms with Crippen molar-refractivity contribution in [2.24, 2.45) is 0 Å². The average Bonchev–Trinajstić information content (AvgIpc) is 2.34. The number of thioether (sulfide) groups is 1. The molecule has 6 heteroatoms. The Bertz CT molecular complexity index is 377. The van der Waals surface area contributed by atoms with Crippen molar-refractivity contribution in [1.82, 2.24) is 14.9 Å². The lowest BCUT2D eigenvalue weighted by Gasteiger charge is -2.40. The van der Waals surface area contributed by atoms with E-state index in [1.165, 1.54) is 11.8 Å². The first-order chi connectivity index (χ1) is 8.58. The molecular weight excluding hydrogens is 250 g/mol. The van der Waals surface area contributed by atoms with Gasteiger partial charge in [0.15, 0.2) is 5.16 Å². The SMILES string of the molecule is CC1CC(N(C)C)C(O)C(Sc2ncccn2)O1. The van der Waals surface area contributed by atoms with E-state index in [-0.39, 0.29) is 17.6 Å². The second-order valence-corrected chi connectivity index (χ2v) is 5.79. The van der Waals surface area contributed by atoms with Gasteiger partial charge in [0.05, 0.1) is 6.10 Å². The molecule has 0 aromatic carbocycles. The Hall–Kier alpha value is -0.690. The van der Waals surface area contributed by atoms with Gasteiger partial charge in [0.2, 0.25) is 0 Å². The number of ether oxygens (including phenoxy) is 1. The molecule has 2 rings (SSSR count). The molecule has 0 amide bonds. The van der Waals surface area contributed by atoms with E-state index < -0.39 is 6.10 Å². The van der Waals surface area contributed by atoms with Gasteiger partial charge in [0.1, 0.15) is 11.5 Å². The smallest absolute Gasteiger partial charge is 0.190 e. The number of rotatable bonds is 3. The van der Waals surface area contributed by atoms with Gasteiger partial charge in [-0.3, -0.25) is 0 Å². The van der Waals surface area contributed by atoms with Gasteiger partial charge < -0.3 is 14.7 Å². The summed E-state index contributed by atoms with van der Waals surface area (Å²) >= 11 is 1.38. The van der Waals surface area contributed by atoms with Crippen LogP contribution in [0.25, 0.3) is 0 Å². The van der Waals surface area contributed by atoms with Gasteiger partial charge in [0, 0.05) is 18.4 Å². The maximum absolute atomic E-state index is 10.3. The lowest BCUT2D eigenvalue weighted by atomic mass is 10.0. The van der Waals surface area contributed by atoms with Gasteiger partial charge in [-0.2, -0.15) is 0 Å². The minimum Gasteiger partial charge on any atom is -0.388 e. The van der Waals surface area contributed by atoms with Gasteiger partial charge in [0.25, 0.3) is 0 Å². The molecule has 5 nitrogen and oxygen atoms in total. The molecule has 0 spiro atoms. The van der Waals surface area contributed by atoms with Gasteiger partial charge in [-0.05, 0) is 33.5 Å². The summed E-state index contributed by atoms with van der Waals surface area (Å²) in [4.78, 5) is 10.3. The van der Waals surface area contributed by atoms with E-state index in [2.05, 4.69) is 9.97 Å². The highest BCUT2D eigenvalue weighted by molar-refractivity contribution is 7.99. The number of aliphatic hydroxyl groups is 1. The standard InChI is InChI=1S/C12H19N3O2S/c1-8-7-9(15(2)3)10(16)11(17-8)18-12-13-5-4-6-14-12/h4-6,8-11,16H,7H2,1-3H3. The molecule has 1 N–H and O–H groups in total. The Balaban J connectivity index is 2.07. The van der Waals surface area contributed by atoms with E-state index >= 15 is 0 Å². The first kappa shape index (κ1) is 13.7. The number of hydrogen-bond donors (Lipinski definition) is 1. The largest absolute Gasteiger partial charge is 0.388 e. The van der Waals surface area contributed by atoms with Crippen molar-refractivity contribution in [3.63, 3.8) is 0 Å². The topological polar surface area (TPSA) is 58.5 Å². The van der Waals surface area contributed by atoms with Crippen LogP contribution >= 0.6 is 11.8 Å². The summed E-state index contributed by atoms with van der Waals surface area (Å²) in [5.41, 5.74) is -0.316. The second-order valence-electron chi connectivity index (χ2n) is 4.72. The van der Waals surface area contributed by atoms with Crippen LogP contribution in [0.15, 0.2) is 23.6 Å². The minimum absolute atomic E-state index is 0.106. The highest BCUT2D eigenvalue weighted by Crippen LogP contribution is 2.32. The zero-order valence-electron chi connectivity index (χ0n) is 10.9. The number of aromatic nitrogens is 2. The summed E-state index contributed by atoms with van der Waals surface area (Å²) in [5, 5.41) is 11.0. The minimum atomic E-state index is -0.537. The molecule has 1 saturated heterocycles. The van der Waals surface area contributed by atoms with Crippen LogP contribution in [0.5, 0.6) is 0 Å². The summed E-state index contributed by atoms with van der Waals surface area (Å²) in [5.74, 6) is 0. The van der Waals surface area contributed by atoms with Crippen molar-refractivity contribution in [3.8, 4) is 0 Å². The number of aliphatic hydroxyl groups excluding tert-OH is 1. The predicted octanol–water partition coefficient (Wildman–Crippen LogP) is 0.995. The first-order valence-electron chi connectivity index (χ1n) is 6.01. The Morgan fingerprint density at radius 3 is 2.67 bits per heavy atom. The lowest BCUT2D eigenvalue weighted by molar-refractivity contribution is -0.104. The third kappa shape index (κ3) is 3.20. The zero-order valence-corrected chi connectivity index (χ0v) is 11.7. The number of hydrogen-bond acceptors (Lipinski definition) is 6. The summed E-state index contributed by atoms with van der Waals surface area (Å²) < 4.78 is 5.79. The molecule has 0 saturated carbocycles. The third-order valence-corrected chi connectivity index (χ3v) is 4.08. The van der Waals surface area contributed by atoms with Crippen molar-refractivity contribution < 1.29 is 9.84 Å². The quantitative estimate of drug-likeness (QED) is 0.826. The summed E-state index contributed by atoms with van der Waals surface area (Å²) in [7, 11) is 3.96. The van der Waals surface area contributed by atoms with Crippen LogP contribution in [0.1, 0.15) is 13.3 Å². The molecule has 4 atom stereocenters. The molecule has 1 aromatic heterocycles. The van der Waals surface area contributed by atoms with Crippen molar-refractivity contribution in [1.29, 1.82) is 0 Å². The van der Waals surface area contributed by atoms with E-state index in [0.717, 1.165) is 6.42 Å². The molecule has 0 radical (unpaired) electrons. The monoisotopic (exact) mass is 269 g/mol. The van der Waals surface area contributed by atoms with Crippen LogP contribution in [0.3, 0.4) is 0 Å². The number of likely N-dealkylation sites (N-methyl/N-ethyl adjacent to an activating group) is 1. The zero-order chi connectivity index (χ0) is 13.1. The van der Waals surface area contributed by atoms with Gasteiger partial charge in [-0.15, -0.1) is 0 Å². The van der Waals surface area contributed by atoms with Crippen molar-refractivity contribution >= 4 is 11.8 Å². The Labute approximate surface area is 112 Å². The molecule has 2 heterocycles. The fraction of sp³-hybridized carbons (Fsp3) is 0.667. The fourth-order valence-electron chi connectivity index (χ4n) is 2.09. The van der Waals surface area contributed by atoms with Crippen LogP contribution in [-0.2, 0) is 4.74 Å². The van der Waals surface area contributed by atoms with E-state index in [0.29, 0.717) is 5.16 Å². The van der Waals surface area contributed by atoms with Crippen LogP contribution in [0, 0.1) is 0 Å². The van der Waals surface area contributed by atoms with Crippen molar-refractivity contribution in [2.75, 3.05) is 14.1 Å². The van der Waals surface area contributed by atoms with E-state index in [4.69, 9.17) is 4.74 Å². The van der Waals surface area contributed by atoms with Crippen LogP contribution in [0.2, 0.25) is 0 Å². The molecule has 0 bridgehead atoms. The molecule has 4 unspecified atom stereocenters. The molecule has 18 heavy (non-hydrogen) atoms. The van der Waals surface area contributed by atoms with Crippen molar-refractivity contribution in [3.05, 3.63) is 18.5 Å². The van der Waals surface area contributed by atoms with Crippen molar-refractivity contribution in [2.45, 2.75) is 42.2 Å². The Kier molecular flexibility index (Phi) is 4.55. The highest BCUT2D eigenvalue weighted by Gasteiger charge is 2.38. The molecule has 0 aliphatic carbocycles. The molecule has 1 aliphatic rings. The molecular formula is C12H19N3O2S. The third-order valence-electron chi connectivity index (χ3n) is 3.04. The van der Waals surface area contributed by atoms with E-state index in [9.17, 15) is 5.11 Å². The van der Waals surface area contributed by atoms with E-state index in [1.807, 2.05) is 25.9 Å². The molecule has 1 aliphatic heterocycles. The maximum Gasteiger partial charge on any atom is 0.190 e. The highest BCUT2D eigenvalue weighted by atomic mass is 32.2. The van der Waals surface area contributed by atoms with Crippen LogP contribution in [-0.4, -0.2) is 57.8 Å². The van der Waals surface area contributed by atoms with Crippen LogP contribution in [0.4, 0.5) is 0 Å². The predicted molar refractivity (Wildman–Crippen MR) is 70.3 cm³/mol. The summed E-state index contributed by atoms with van der Waals surface area (Å²) in [6.07, 6.45) is 3.81. The molecule has 1 aromatic rings. The Morgan fingerprint density at radius 2 is 2.06 bits per heavy atom. The normalized spacial score (nSPS) is 32.7. The maximum atomic E-state index is 10.3. The summed E-state index contributed by atoms with van der Waals surface area (Å²) in [6, 6.07) is 1.88. The Morgan fingerprint density at radius 1 is 1.39 bits per heavy atom. The lowest BCUT2D eigenvalue weighted by Crippen LogP contribution is -2.52. The second kappa shape index (κ2) is 5.97. The van der Waals surface area contributed by atoms with Crippen LogP contribution < -0.4 is 0 Å².